The lowest BCUT2D eigenvalue weighted by Gasteiger charge is -2.09. The Kier molecular flexibility index (Phi) is 6.40. The molecule has 1 aromatic carbocycles. The quantitative estimate of drug-likeness (QED) is 0.741. The first-order valence-electron chi connectivity index (χ1n) is 4.97. The zero-order valence-corrected chi connectivity index (χ0v) is 10.4. The van der Waals surface area contributed by atoms with Crippen molar-refractivity contribution in [3.8, 4) is 5.75 Å². The summed E-state index contributed by atoms with van der Waals surface area (Å²) in [6.45, 7) is 0.640. The van der Waals surface area contributed by atoms with E-state index in [-0.39, 0.29) is 13.2 Å². The Bertz CT molecular complexity index is 289. The maximum atomic E-state index is 8.98. The van der Waals surface area contributed by atoms with Crippen LogP contribution < -0.4 is 4.74 Å². The second kappa shape index (κ2) is 7.62. The number of ether oxygens (including phenoxy) is 2. The molecule has 0 heterocycles. The molecule has 1 atom stereocenters. The van der Waals surface area contributed by atoms with Gasteiger partial charge < -0.3 is 19.7 Å². The van der Waals surface area contributed by atoms with Gasteiger partial charge in [-0.05, 0) is 24.3 Å². The van der Waals surface area contributed by atoms with Gasteiger partial charge in [-0.3, -0.25) is 0 Å². The third-order valence-electron chi connectivity index (χ3n) is 1.83. The first-order valence-corrected chi connectivity index (χ1v) is 5.76. The molecular formula is C11H15BrO4. The van der Waals surface area contributed by atoms with Crippen LogP contribution in [0.15, 0.2) is 28.7 Å². The maximum Gasteiger partial charge on any atom is 0.119 e. The fraction of sp³-hybridized carbons (Fsp3) is 0.455. The molecule has 0 aliphatic heterocycles. The zero-order valence-electron chi connectivity index (χ0n) is 8.80. The minimum absolute atomic E-state index is 0.125. The number of halogens is 1. The number of hydrogen-bond acceptors (Lipinski definition) is 4. The molecule has 2 N–H and O–H groups in total. The fourth-order valence-corrected chi connectivity index (χ4v) is 1.29. The van der Waals surface area contributed by atoms with Crippen LogP contribution in [-0.2, 0) is 4.74 Å². The molecule has 0 fully saturated rings. The predicted molar refractivity (Wildman–Crippen MR) is 63.5 cm³/mol. The minimum Gasteiger partial charge on any atom is -0.491 e. The smallest absolute Gasteiger partial charge is 0.119 e. The molecular weight excluding hydrogens is 276 g/mol. The summed E-state index contributed by atoms with van der Waals surface area (Å²) in [4.78, 5) is 0. The summed E-state index contributed by atoms with van der Waals surface area (Å²) in [5.41, 5.74) is 0. The summed E-state index contributed by atoms with van der Waals surface area (Å²) in [5.74, 6) is 0.773. The maximum absolute atomic E-state index is 8.98. The van der Waals surface area contributed by atoms with Crippen LogP contribution in [0.3, 0.4) is 0 Å². The Morgan fingerprint density at radius 2 is 1.88 bits per heavy atom. The third-order valence-corrected chi connectivity index (χ3v) is 2.36. The van der Waals surface area contributed by atoms with Crippen molar-refractivity contribution in [3.05, 3.63) is 28.7 Å². The largest absolute Gasteiger partial charge is 0.491 e. The number of hydrogen-bond donors (Lipinski definition) is 2. The van der Waals surface area contributed by atoms with Crippen molar-refractivity contribution >= 4 is 15.9 Å². The molecule has 0 aliphatic rings. The molecule has 0 unspecified atom stereocenters. The standard InChI is InChI=1S/C11H15BrO4/c12-9-1-3-11(4-2-9)16-6-5-15-8-10(14)7-13/h1-4,10,13-14H,5-8H2/t10-/m0/s1. The number of aliphatic hydroxyl groups excluding tert-OH is 2. The third kappa shape index (κ3) is 5.46. The molecule has 0 amide bonds. The van der Waals surface area contributed by atoms with Gasteiger partial charge in [-0.15, -0.1) is 0 Å². The van der Waals surface area contributed by atoms with Crippen LogP contribution in [0, 0.1) is 0 Å². The van der Waals surface area contributed by atoms with Crippen LogP contribution in [0.25, 0.3) is 0 Å². The molecule has 0 aliphatic carbocycles. The van der Waals surface area contributed by atoms with E-state index in [1.54, 1.807) is 0 Å². The number of aliphatic hydroxyl groups is 2. The van der Waals surface area contributed by atoms with Crippen LogP contribution in [0.1, 0.15) is 0 Å². The van der Waals surface area contributed by atoms with E-state index in [4.69, 9.17) is 19.7 Å². The molecule has 0 aromatic heterocycles. The van der Waals surface area contributed by atoms with E-state index in [0.29, 0.717) is 13.2 Å². The average molecular weight is 291 g/mol. The lowest BCUT2D eigenvalue weighted by Crippen LogP contribution is -2.21. The number of benzene rings is 1. The van der Waals surface area contributed by atoms with Gasteiger partial charge in [0.2, 0.25) is 0 Å². The van der Waals surface area contributed by atoms with Gasteiger partial charge in [-0.1, -0.05) is 15.9 Å². The highest BCUT2D eigenvalue weighted by molar-refractivity contribution is 9.10. The SMILES string of the molecule is OC[C@H](O)COCCOc1ccc(Br)cc1. The highest BCUT2D eigenvalue weighted by Crippen LogP contribution is 2.15. The van der Waals surface area contributed by atoms with Gasteiger partial charge >= 0.3 is 0 Å². The predicted octanol–water partition coefficient (Wildman–Crippen LogP) is 1.20. The first kappa shape index (κ1) is 13.4. The van der Waals surface area contributed by atoms with Gasteiger partial charge in [0, 0.05) is 4.47 Å². The lowest BCUT2D eigenvalue weighted by molar-refractivity contribution is -0.00138. The van der Waals surface area contributed by atoms with E-state index >= 15 is 0 Å². The van der Waals surface area contributed by atoms with E-state index < -0.39 is 6.10 Å². The summed E-state index contributed by atoms with van der Waals surface area (Å²) in [7, 11) is 0. The minimum atomic E-state index is -0.812. The van der Waals surface area contributed by atoms with Crippen LogP contribution in [0.4, 0.5) is 0 Å². The topological polar surface area (TPSA) is 58.9 Å². The van der Waals surface area contributed by atoms with E-state index in [9.17, 15) is 0 Å². The Balaban J connectivity index is 2.09. The molecule has 5 heteroatoms. The van der Waals surface area contributed by atoms with Gasteiger partial charge in [-0.25, -0.2) is 0 Å². The van der Waals surface area contributed by atoms with Crippen molar-refractivity contribution < 1.29 is 19.7 Å². The second-order valence-corrected chi connectivity index (χ2v) is 4.13. The van der Waals surface area contributed by atoms with Gasteiger partial charge in [0.1, 0.15) is 18.5 Å². The molecule has 0 radical (unpaired) electrons. The molecule has 90 valence electrons. The van der Waals surface area contributed by atoms with Crippen molar-refractivity contribution in [2.24, 2.45) is 0 Å². The fourth-order valence-electron chi connectivity index (χ4n) is 1.02. The summed E-state index contributed by atoms with van der Waals surface area (Å²) in [5, 5.41) is 17.5. The molecule has 0 spiro atoms. The molecule has 0 saturated heterocycles. The second-order valence-electron chi connectivity index (χ2n) is 3.21. The van der Waals surface area contributed by atoms with E-state index in [2.05, 4.69) is 15.9 Å². The van der Waals surface area contributed by atoms with Crippen molar-refractivity contribution in [1.29, 1.82) is 0 Å². The molecule has 0 bridgehead atoms. The summed E-state index contributed by atoms with van der Waals surface area (Å²) >= 11 is 3.33. The monoisotopic (exact) mass is 290 g/mol. The van der Waals surface area contributed by atoms with Crippen molar-refractivity contribution in [2.45, 2.75) is 6.10 Å². The van der Waals surface area contributed by atoms with E-state index in [1.807, 2.05) is 24.3 Å². The molecule has 16 heavy (non-hydrogen) atoms. The Morgan fingerprint density at radius 1 is 1.19 bits per heavy atom. The van der Waals surface area contributed by atoms with Gasteiger partial charge in [0.15, 0.2) is 0 Å². The molecule has 0 saturated carbocycles. The van der Waals surface area contributed by atoms with Crippen LogP contribution >= 0.6 is 15.9 Å². The van der Waals surface area contributed by atoms with Crippen molar-refractivity contribution in [1.82, 2.24) is 0 Å². The van der Waals surface area contributed by atoms with Crippen LogP contribution in [-0.4, -0.2) is 42.7 Å². The molecule has 1 rings (SSSR count). The highest BCUT2D eigenvalue weighted by atomic mass is 79.9. The Morgan fingerprint density at radius 3 is 2.50 bits per heavy atom. The summed E-state index contributed by atoms with van der Waals surface area (Å²) in [6.07, 6.45) is -0.812. The van der Waals surface area contributed by atoms with Crippen molar-refractivity contribution in [3.63, 3.8) is 0 Å². The lowest BCUT2D eigenvalue weighted by atomic mass is 10.3. The van der Waals surface area contributed by atoms with Crippen molar-refractivity contribution in [2.75, 3.05) is 26.4 Å². The summed E-state index contributed by atoms with van der Waals surface area (Å²) in [6, 6.07) is 7.50. The normalized spacial score (nSPS) is 12.4. The summed E-state index contributed by atoms with van der Waals surface area (Å²) < 4.78 is 11.5. The van der Waals surface area contributed by atoms with Gasteiger partial charge in [-0.2, -0.15) is 0 Å². The number of rotatable bonds is 7. The molecule has 1 aromatic rings. The van der Waals surface area contributed by atoms with E-state index in [1.165, 1.54) is 0 Å². The highest BCUT2D eigenvalue weighted by Gasteiger charge is 2.01. The van der Waals surface area contributed by atoms with Crippen LogP contribution in [0.2, 0.25) is 0 Å². The molecule has 4 nitrogen and oxygen atoms in total. The van der Waals surface area contributed by atoms with E-state index in [0.717, 1.165) is 10.2 Å². The Labute approximate surface area is 103 Å². The Hall–Kier alpha value is -0.620. The zero-order chi connectivity index (χ0) is 11.8. The van der Waals surface area contributed by atoms with Gasteiger partial charge in [0.25, 0.3) is 0 Å². The average Bonchev–Trinajstić information content (AvgIpc) is 2.31. The van der Waals surface area contributed by atoms with Gasteiger partial charge in [0.05, 0.1) is 19.8 Å². The first-order chi connectivity index (χ1) is 7.72. The van der Waals surface area contributed by atoms with Crippen LogP contribution in [0.5, 0.6) is 5.75 Å².